The van der Waals surface area contributed by atoms with E-state index in [1.807, 2.05) is 6.07 Å². The lowest BCUT2D eigenvalue weighted by Gasteiger charge is -2.08. The van der Waals surface area contributed by atoms with Crippen molar-refractivity contribution >= 4 is 17.8 Å². The molecule has 1 aliphatic rings. The Hall–Kier alpha value is -1.67. The summed E-state index contributed by atoms with van der Waals surface area (Å²) in [7, 11) is 0. The topological polar surface area (TPSA) is 9.23 Å². The van der Waals surface area contributed by atoms with Gasteiger partial charge < -0.3 is 4.74 Å². The summed E-state index contributed by atoms with van der Waals surface area (Å²) in [5.74, 6) is 0.987. The highest BCUT2D eigenvalue weighted by atomic mass is 32.2. The van der Waals surface area contributed by atoms with Crippen molar-refractivity contribution in [3.8, 4) is 5.75 Å². The summed E-state index contributed by atoms with van der Waals surface area (Å²) in [6.07, 6.45) is 5.30. The molecule has 2 heteroatoms. The zero-order chi connectivity index (χ0) is 12.2. The fourth-order valence-electron chi connectivity index (χ4n) is 1.92. The quantitative estimate of drug-likeness (QED) is 0.772. The Labute approximate surface area is 111 Å². The number of benzene rings is 2. The van der Waals surface area contributed by atoms with Gasteiger partial charge in [0.15, 0.2) is 0 Å². The van der Waals surface area contributed by atoms with Crippen molar-refractivity contribution in [1.29, 1.82) is 0 Å². The standard InChI is InChI=1S/C16H14OS/c1-2-7-14(8-3-1)18-15-9-10-16-13(12-15)6-4-5-11-17-16/h1-4,6-10,12H,5,11H2. The Morgan fingerprint density at radius 2 is 1.83 bits per heavy atom. The zero-order valence-electron chi connectivity index (χ0n) is 10.0. The fraction of sp³-hybridized carbons (Fsp3) is 0.125. The first-order chi connectivity index (χ1) is 8.92. The second-order valence-electron chi connectivity index (χ2n) is 4.15. The van der Waals surface area contributed by atoms with E-state index in [1.165, 1.54) is 15.4 Å². The minimum Gasteiger partial charge on any atom is -0.493 e. The maximum absolute atomic E-state index is 5.68. The van der Waals surface area contributed by atoms with Crippen LogP contribution < -0.4 is 4.74 Å². The average molecular weight is 254 g/mol. The van der Waals surface area contributed by atoms with Gasteiger partial charge in [-0.05, 0) is 36.8 Å². The third-order valence-electron chi connectivity index (χ3n) is 2.80. The Bertz CT molecular complexity index is 561. The second-order valence-corrected chi connectivity index (χ2v) is 5.30. The van der Waals surface area contributed by atoms with Gasteiger partial charge in [-0.1, -0.05) is 42.1 Å². The van der Waals surface area contributed by atoms with E-state index in [0.29, 0.717) is 0 Å². The van der Waals surface area contributed by atoms with Crippen LogP contribution in [0.25, 0.3) is 6.08 Å². The van der Waals surface area contributed by atoms with Gasteiger partial charge in [-0.15, -0.1) is 0 Å². The van der Waals surface area contributed by atoms with Gasteiger partial charge >= 0.3 is 0 Å². The minimum atomic E-state index is 0.772. The lowest BCUT2D eigenvalue weighted by atomic mass is 10.2. The van der Waals surface area contributed by atoms with Crippen LogP contribution in [0.5, 0.6) is 5.75 Å². The molecular formula is C16H14OS. The molecule has 0 amide bonds. The molecule has 1 nitrogen and oxygen atoms in total. The van der Waals surface area contributed by atoms with Gasteiger partial charge in [-0.3, -0.25) is 0 Å². The summed E-state index contributed by atoms with van der Waals surface area (Å²) in [5.41, 5.74) is 1.17. The predicted molar refractivity (Wildman–Crippen MR) is 76.2 cm³/mol. The maximum atomic E-state index is 5.68. The molecule has 0 bridgehead atoms. The lowest BCUT2D eigenvalue weighted by Crippen LogP contribution is -1.94. The molecule has 18 heavy (non-hydrogen) atoms. The van der Waals surface area contributed by atoms with E-state index >= 15 is 0 Å². The molecule has 0 atom stereocenters. The third-order valence-corrected chi connectivity index (χ3v) is 3.80. The molecule has 2 aromatic rings. The van der Waals surface area contributed by atoms with E-state index in [0.717, 1.165) is 18.8 Å². The van der Waals surface area contributed by atoms with Crippen molar-refractivity contribution in [2.24, 2.45) is 0 Å². The average Bonchev–Trinajstić information content (AvgIpc) is 2.64. The second kappa shape index (κ2) is 5.32. The highest BCUT2D eigenvalue weighted by Crippen LogP contribution is 2.32. The highest BCUT2D eigenvalue weighted by molar-refractivity contribution is 7.99. The van der Waals surface area contributed by atoms with Crippen LogP contribution in [-0.2, 0) is 0 Å². The van der Waals surface area contributed by atoms with Gasteiger partial charge in [0.25, 0.3) is 0 Å². The minimum absolute atomic E-state index is 0.772. The van der Waals surface area contributed by atoms with Crippen LogP contribution in [0.3, 0.4) is 0 Å². The van der Waals surface area contributed by atoms with Crippen molar-refractivity contribution in [3.63, 3.8) is 0 Å². The molecule has 0 N–H and O–H groups in total. The monoisotopic (exact) mass is 254 g/mol. The van der Waals surface area contributed by atoms with E-state index in [4.69, 9.17) is 4.74 Å². The van der Waals surface area contributed by atoms with Crippen molar-refractivity contribution in [3.05, 3.63) is 60.2 Å². The zero-order valence-corrected chi connectivity index (χ0v) is 10.8. The van der Waals surface area contributed by atoms with E-state index in [1.54, 1.807) is 11.8 Å². The van der Waals surface area contributed by atoms with Crippen LogP contribution in [-0.4, -0.2) is 6.61 Å². The lowest BCUT2D eigenvalue weighted by molar-refractivity contribution is 0.326. The van der Waals surface area contributed by atoms with Crippen LogP contribution in [0, 0.1) is 0 Å². The molecule has 2 aromatic carbocycles. The molecule has 0 aliphatic carbocycles. The smallest absolute Gasteiger partial charge is 0.126 e. The number of ether oxygens (including phenoxy) is 1. The van der Waals surface area contributed by atoms with Crippen LogP contribution in [0.2, 0.25) is 0 Å². The van der Waals surface area contributed by atoms with Crippen molar-refractivity contribution in [1.82, 2.24) is 0 Å². The van der Waals surface area contributed by atoms with Gasteiger partial charge in [0.2, 0.25) is 0 Å². The molecule has 0 aromatic heterocycles. The van der Waals surface area contributed by atoms with Gasteiger partial charge in [0.1, 0.15) is 5.75 Å². The molecule has 1 heterocycles. The van der Waals surface area contributed by atoms with E-state index in [-0.39, 0.29) is 0 Å². The van der Waals surface area contributed by atoms with Crippen LogP contribution in [0.15, 0.2) is 64.4 Å². The molecule has 0 radical (unpaired) electrons. The van der Waals surface area contributed by atoms with E-state index < -0.39 is 0 Å². The van der Waals surface area contributed by atoms with Crippen LogP contribution >= 0.6 is 11.8 Å². The number of fused-ring (bicyclic) bond motifs is 1. The molecule has 0 spiro atoms. The largest absolute Gasteiger partial charge is 0.493 e. The van der Waals surface area contributed by atoms with Crippen molar-refractivity contribution in [2.75, 3.05) is 6.61 Å². The molecule has 0 saturated heterocycles. The van der Waals surface area contributed by atoms with E-state index in [2.05, 4.69) is 54.6 Å². The summed E-state index contributed by atoms with van der Waals surface area (Å²) in [6, 6.07) is 16.8. The first-order valence-electron chi connectivity index (χ1n) is 6.08. The Morgan fingerprint density at radius 1 is 0.944 bits per heavy atom. The Balaban J connectivity index is 1.88. The number of rotatable bonds is 2. The number of hydrogen-bond acceptors (Lipinski definition) is 2. The van der Waals surface area contributed by atoms with E-state index in [9.17, 15) is 0 Å². The summed E-state index contributed by atoms with van der Waals surface area (Å²) >= 11 is 1.78. The fourth-order valence-corrected chi connectivity index (χ4v) is 2.81. The first kappa shape index (κ1) is 11.4. The highest BCUT2D eigenvalue weighted by Gasteiger charge is 2.06. The van der Waals surface area contributed by atoms with Crippen LogP contribution in [0.4, 0.5) is 0 Å². The molecular weight excluding hydrogens is 240 g/mol. The maximum Gasteiger partial charge on any atom is 0.126 e. The van der Waals surface area contributed by atoms with Gasteiger partial charge in [0, 0.05) is 15.4 Å². The van der Waals surface area contributed by atoms with Gasteiger partial charge in [-0.2, -0.15) is 0 Å². The van der Waals surface area contributed by atoms with Crippen molar-refractivity contribution < 1.29 is 4.74 Å². The molecule has 3 rings (SSSR count). The summed E-state index contributed by atoms with van der Waals surface area (Å²) < 4.78 is 5.68. The summed E-state index contributed by atoms with van der Waals surface area (Å²) in [6.45, 7) is 0.772. The van der Waals surface area contributed by atoms with Crippen LogP contribution in [0.1, 0.15) is 12.0 Å². The molecule has 0 fully saturated rings. The molecule has 0 unspecified atom stereocenters. The summed E-state index contributed by atoms with van der Waals surface area (Å²) in [5, 5.41) is 0. The van der Waals surface area contributed by atoms with Gasteiger partial charge in [0.05, 0.1) is 6.61 Å². The normalized spacial score (nSPS) is 13.6. The Morgan fingerprint density at radius 3 is 2.72 bits per heavy atom. The molecule has 0 saturated carbocycles. The summed E-state index contributed by atoms with van der Waals surface area (Å²) in [4.78, 5) is 2.51. The Kier molecular flexibility index (Phi) is 3.37. The SMILES string of the molecule is C1=Cc2cc(Sc3ccccc3)ccc2OCC1. The predicted octanol–water partition coefficient (Wildman–Crippen LogP) is 4.63. The van der Waals surface area contributed by atoms with Crippen molar-refractivity contribution in [2.45, 2.75) is 16.2 Å². The first-order valence-corrected chi connectivity index (χ1v) is 6.90. The molecule has 1 aliphatic heterocycles. The third kappa shape index (κ3) is 2.59. The number of hydrogen-bond donors (Lipinski definition) is 0. The molecule has 90 valence electrons. The van der Waals surface area contributed by atoms with Gasteiger partial charge in [-0.25, -0.2) is 0 Å².